The van der Waals surface area contributed by atoms with Gasteiger partial charge in [-0.15, -0.1) is 0 Å². The molecule has 6 nitrogen and oxygen atoms in total. The van der Waals surface area contributed by atoms with Crippen molar-refractivity contribution in [3.05, 3.63) is 40.8 Å². The Morgan fingerprint density at radius 2 is 2.19 bits per heavy atom. The first-order valence-corrected chi connectivity index (χ1v) is 7.14. The second-order valence-electron chi connectivity index (χ2n) is 4.12. The summed E-state index contributed by atoms with van der Waals surface area (Å²) < 4.78 is 6.05. The number of nitrogens with zero attached hydrogens (tertiary/aromatic N) is 2. The molecule has 0 aliphatic carbocycles. The molecule has 0 unspecified atom stereocenters. The highest BCUT2D eigenvalue weighted by Gasteiger charge is 2.12. The van der Waals surface area contributed by atoms with Gasteiger partial charge in [0.25, 0.3) is 5.91 Å². The van der Waals surface area contributed by atoms with Crippen molar-refractivity contribution in [3.8, 4) is 5.75 Å². The molecule has 0 atom stereocenters. The highest BCUT2D eigenvalue weighted by Crippen LogP contribution is 2.28. The van der Waals surface area contributed by atoms with E-state index in [2.05, 4.69) is 36.5 Å². The van der Waals surface area contributed by atoms with Gasteiger partial charge in [0.15, 0.2) is 0 Å². The summed E-state index contributed by atoms with van der Waals surface area (Å²) in [7, 11) is 1.55. The van der Waals surface area contributed by atoms with Crippen molar-refractivity contribution in [2.45, 2.75) is 6.92 Å². The molecule has 1 aromatic heterocycles. The lowest BCUT2D eigenvalue weighted by molar-refractivity contribution is 0.102. The Morgan fingerprint density at radius 3 is 2.90 bits per heavy atom. The van der Waals surface area contributed by atoms with Crippen LogP contribution in [-0.2, 0) is 0 Å². The Hall–Kier alpha value is -2.15. The molecular formula is C14H15BrN4O2. The van der Waals surface area contributed by atoms with Crippen LogP contribution in [0, 0.1) is 0 Å². The van der Waals surface area contributed by atoms with E-state index in [0.29, 0.717) is 23.8 Å². The van der Waals surface area contributed by atoms with Crippen molar-refractivity contribution in [3.63, 3.8) is 0 Å². The number of halogens is 1. The van der Waals surface area contributed by atoms with Crippen molar-refractivity contribution in [2.75, 3.05) is 24.3 Å². The Labute approximate surface area is 131 Å². The molecule has 0 bridgehead atoms. The van der Waals surface area contributed by atoms with Gasteiger partial charge in [-0.2, -0.15) is 0 Å². The van der Waals surface area contributed by atoms with Gasteiger partial charge in [-0.05, 0) is 25.1 Å². The van der Waals surface area contributed by atoms with Crippen LogP contribution in [0.1, 0.15) is 17.4 Å². The minimum atomic E-state index is -0.348. The fourth-order valence-electron chi connectivity index (χ4n) is 1.71. The first-order chi connectivity index (χ1) is 10.1. The van der Waals surface area contributed by atoms with Gasteiger partial charge in [0.05, 0.1) is 25.2 Å². The predicted octanol–water partition coefficient (Wildman–Crippen LogP) is 2.93. The van der Waals surface area contributed by atoms with Crippen molar-refractivity contribution in [2.24, 2.45) is 0 Å². The topological polar surface area (TPSA) is 76.1 Å². The Balaban J connectivity index is 2.21. The third kappa shape index (κ3) is 3.91. The maximum absolute atomic E-state index is 12.2. The van der Waals surface area contributed by atoms with Gasteiger partial charge in [-0.3, -0.25) is 9.78 Å². The lowest BCUT2D eigenvalue weighted by Gasteiger charge is -2.10. The monoisotopic (exact) mass is 350 g/mol. The normalized spacial score (nSPS) is 10.0. The van der Waals surface area contributed by atoms with E-state index in [-0.39, 0.29) is 11.6 Å². The summed E-state index contributed by atoms with van der Waals surface area (Å²) in [6, 6.07) is 5.36. The second-order valence-corrected chi connectivity index (χ2v) is 5.03. The second kappa shape index (κ2) is 7.03. The lowest BCUT2D eigenvalue weighted by atomic mass is 10.3. The van der Waals surface area contributed by atoms with Crippen LogP contribution in [0.4, 0.5) is 11.5 Å². The van der Waals surface area contributed by atoms with E-state index in [1.165, 1.54) is 6.20 Å². The van der Waals surface area contributed by atoms with E-state index in [9.17, 15) is 4.79 Å². The summed E-state index contributed by atoms with van der Waals surface area (Å²) in [4.78, 5) is 20.4. The Morgan fingerprint density at radius 1 is 1.38 bits per heavy atom. The molecule has 1 heterocycles. The Bertz CT molecular complexity index is 649. The smallest absolute Gasteiger partial charge is 0.276 e. The number of carbonyl (C=O) groups is 1. The van der Waals surface area contributed by atoms with E-state index in [4.69, 9.17) is 4.74 Å². The predicted molar refractivity (Wildman–Crippen MR) is 84.8 cm³/mol. The van der Waals surface area contributed by atoms with Crippen molar-refractivity contribution in [1.29, 1.82) is 0 Å². The molecule has 21 heavy (non-hydrogen) atoms. The first kappa shape index (κ1) is 15.2. The zero-order valence-corrected chi connectivity index (χ0v) is 13.3. The van der Waals surface area contributed by atoms with Gasteiger partial charge in [0.1, 0.15) is 17.3 Å². The summed E-state index contributed by atoms with van der Waals surface area (Å²) in [5.74, 6) is 0.785. The zero-order chi connectivity index (χ0) is 15.2. The van der Waals surface area contributed by atoms with Crippen LogP contribution in [0.5, 0.6) is 5.75 Å². The van der Waals surface area contributed by atoms with Crippen LogP contribution >= 0.6 is 15.9 Å². The lowest BCUT2D eigenvalue weighted by Crippen LogP contribution is -2.15. The van der Waals surface area contributed by atoms with E-state index in [1.54, 1.807) is 25.4 Å². The molecule has 1 amide bonds. The van der Waals surface area contributed by atoms with Gasteiger partial charge in [-0.1, -0.05) is 15.9 Å². The fourth-order valence-corrected chi connectivity index (χ4v) is 2.07. The van der Waals surface area contributed by atoms with E-state index in [0.717, 1.165) is 4.47 Å². The van der Waals surface area contributed by atoms with E-state index >= 15 is 0 Å². The van der Waals surface area contributed by atoms with Crippen molar-refractivity contribution in [1.82, 2.24) is 9.97 Å². The van der Waals surface area contributed by atoms with Gasteiger partial charge in [-0.25, -0.2) is 4.98 Å². The fraction of sp³-hybridized carbons (Fsp3) is 0.214. The average molecular weight is 351 g/mol. The molecule has 0 saturated carbocycles. The molecule has 2 aromatic rings. The minimum Gasteiger partial charge on any atom is -0.495 e. The van der Waals surface area contributed by atoms with Gasteiger partial charge in [0.2, 0.25) is 0 Å². The summed E-state index contributed by atoms with van der Waals surface area (Å²) in [6.45, 7) is 2.65. The number of hydrogen-bond acceptors (Lipinski definition) is 5. The standard InChI is InChI=1S/C14H15BrN4O2/c1-3-17-13-8-16-7-11(18-13)14(20)19-10-6-9(15)4-5-12(10)21-2/h4-8H,3H2,1-2H3,(H,17,18)(H,19,20). The molecular weight excluding hydrogens is 336 g/mol. The molecule has 110 valence electrons. The molecule has 7 heteroatoms. The van der Waals surface area contributed by atoms with Gasteiger partial charge < -0.3 is 15.4 Å². The number of hydrogen-bond donors (Lipinski definition) is 2. The number of anilines is 2. The maximum atomic E-state index is 12.2. The number of carbonyl (C=O) groups excluding carboxylic acids is 1. The molecule has 0 fully saturated rings. The molecule has 0 aliphatic rings. The highest BCUT2D eigenvalue weighted by atomic mass is 79.9. The molecule has 0 radical (unpaired) electrons. The van der Waals surface area contributed by atoms with E-state index < -0.39 is 0 Å². The summed E-state index contributed by atoms with van der Waals surface area (Å²) in [5, 5.41) is 5.78. The third-order valence-electron chi connectivity index (χ3n) is 2.63. The van der Waals surface area contributed by atoms with Crippen LogP contribution < -0.4 is 15.4 Å². The molecule has 0 saturated heterocycles. The molecule has 1 aromatic carbocycles. The number of nitrogens with one attached hydrogen (secondary N) is 2. The minimum absolute atomic E-state index is 0.232. The number of aromatic nitrogens is 2. The number of benzene rings is 1. The number of methoxy groups -OCH3 is 1. The summed E-state index contributed by atoms with van der Waals surface area (Å²) in [6.07, 6.45) is 2.99. The summed E-state index contributed by atoms with van der Waals surface area (Å²) >= 11 is 3.36. The van der Waals surface area contributed by atoms with Crippen LogP contribution in [-0.4, -0.2) is 29.5 Å². The molecule has 2 rings (SSSR count). The Kier molecular flexibility index (Phi) is 5.10. The maximum Gasteiger partial charge on any atom is 0.276 e. The van der Waals surface area contributed by atoms with Crippen molar-refractivity contribution >= 4 is 33.3 Å². The van der Waals surface area contributed by atoms with Crippen LogP contribution in [0.25, 0.3) is 0 Å². The van der Waals surface area contributed by atoms with Crippen LogP contribution in [0.2, 0.25) is 0 Å². The van der Waals surface area contributed by atoms with Gasteiger partial charge in [0, 0.05) is 11.0 Å². The van der Waals surface area contributed by atoms with Crippen LogP contribution in [0.15, 0.2) is 35.1 Å². The number of rotatable bonds is 5. The average Bonchev–Trinajstić information content (AvgIpc) is 2.48. The largest absolute Gasteiger partial charge is 0.495 e. The molecule has 2 N–H and O–H groups in total. The number of ether oxygens (including phenoxy) is 1. The summed E-state index contributed by atoms with van der Waals surface area (Å²) in [5.41, 5.74) is 0.794. The van der Waals surface area contributed by atoms with Crippen LogP contribution in [0.3, 0.4) is 0 Å². The zero-order valence-electron chi connectivity index (χ0n) is 11.7. The van der Waals surface area contributed by atoms with E-state index in [1.807, 2.05) is 13.0 Å². The molecule has 0 aliphatic heterocycles. The van der Waals surface area contributed by atoms with Gasteiger partial charge >= 0.3 is 0 Å². The molecule has 0 spiro atoms. The quantitative estimate of drug-likeness (QED) is 0.866. The SMILES string of the molecule is CCNc1cncc(C(=O)Nc2cc(Br)ccc2OC)n1. The third-order valence-corrected chi connectivity index (χ3v) is 3.13. The number of amides is 1. The first-order valence-electron chi connectivity index (χ1n) is 6.35. The highest BCUT2D eigenvalue weighted by molar-refractivity contribution is 9.10. The van der Waals surface area contributed by atoms with Crippen molar-refractivity contribution < 1.29 is 9.53 Å².